The Kier molecular flexibility index (Phi) is 6.09. The summed E-state index contributed by atoms with van der Waals surface area (Å²) in [7, 11) is 0. The van der Waals surface area contributed by atoms with Gasteiger partial charge in [-0.15, -0.1) is 0 Å². The highest BCUT2D eigenvalue weighted by Crippen LogP contribution is 2.29. The monoisotopic (exact) mass is 367 g/mol. The molecule has 1 aromatic heterocycles. The smallest absolute Gasteiger partial charge is 0.266 e. The number of aromatic nitrogens is 2. The topological polar surface area (TPSA) is 64.0 Å². The lowest BCUT2D eigenvalue weighted by atomic mass is 9.78. The van der Waals surface area contributed by atoms with Crippen LogP contribution in [0.3, 0.4) is 0 Å². The molecule has 1 amide bonds. The van der Waals surface area contributed by atoms with Gasteiger partial charge < -0.3 is 5.32 Å². The Bertz CT molecular complexity index is 841. The fraction of sp³-hybridized carbons (Fsp3) is 0.500. The predicted octanol–water partition coefficient (Wildman–Crippen LogP) is 3.55. The highest BCUT2D eigenvalue weighted by atomic mass is 16.2. The Morgan fingerprint density at radius 1 is 1.15 bits per heavy atom. The molecule has 1 aromatic carbocycles. The lowest BCUT2D eigenvalue weighted by Crippen LogP contribution is -2.44. The quantitative estimate of drug-likeness (QED) is 0.879. The van der Waals surface area contributed by atoms with E-state index in [0.717, 1.165) is 24.1 Å². The van der Waals surface area contributed by atoms with Gasteiger partial charge in [0.1, 0.15) is 0 Å². The number of hydrogen-bond acceptors (Lipinski definition) is 3. The number of nitrogens with zero attached hydrogens (tertiary/aromatic N) is 2. The molecule has 0 unspecified atom stereocenters. The summed E-state index contributed by atoms with van der Waals surface area (Å²) in [4.78, 5) is 24.5. The lowest BCUT2D eigenvalue weighted by Gasteiger charge is -2.34. The molecule has 3 rings (SSSR count). The summed E-state index contributed by atoms with van der Waals surface area (Å²) in [5.74, 6) is 1.13. The second-order valence-electron chi connectivity index (χ2n) is 7.84. The van der Waals surface area contributed by atoms with Crippen molar-refractivity contribution in [3.63, 3.8) is 0 Å². The van der Waals surface area contributed by atoms with E-state index >= 15 is 0 Å². The van der Waals surface area contributed by atoms with Crippen LogP contribution < -0.4 is 10.9 Å². The Labute approximate surface area is 160 Å². The molecular formula is C22H29N3O2. The Hall–Kier alpha value is -2.43. The molecule has 1 fully saturated rings. The zero-order chi connectivity index (χ0) is 19.4. The molecule has 0 aliphatic heterocycles. The van der Waals surface area contributed by atoms with Gasteiger partial charge in [-0.25, -0.2) is 4.68 Å². The van der Waals surface area contributed by atoms with E-state index in [1.165, 1.54) is 22.7 Å². The maximum atomic E-state index is 12.4. The molecule has 5 nitrogen and oxygen atoms in total. The second kappa shape index (κ2) is 8.51. The van der Waals surface area contributed by atoms with Crippen molar-refractivity contribution in [3.8, 4) is 11.3 Å². The largest absolute Gasteiger partial charge is 0.353 e. The molecule has 5 heteroatoms. The summed E-state index contributed by atoms with van der Waals surface area (Å²) < 4.78 is 1.39. The molecule has 0 spiro atoms. The van der Waals surface area contributed by atoms with E-state index in [4.69, 9.17) is 0 Å². The van der Waals surface area contributed by atoms with Crippen LogP contribution in [0.1, 0.15) is 45.1 Å². The molecule has 144 valence electrons. The third-order valence-electron chi connectivity index (χ3n) is 5.82. The summed E-state index contributed by atoms with van der Waals surface area (Å²) in [6.45, 7) is 6.79. The fourth-order valence-electron chi connectivity index (χ4n) is 3.76. The highest BCUT2D eigenvalue weighted by Gasteiger charge is 2.27. The van der Waals surface area contributed by atoms with Crippen molar-refractivity contribution >= 4 is 5.91 Å². The Balaban J connectivity index is 1.63. The molecule has 0 radical (unpaired) electrons. The van der Waals surface area contributed by atoms with Gasteiger partial charge in [0.25, 0.3) is 5.56 Å². The molecule has 1 aliphatic rings. The number of benzene rings is 1. The van der Waals surface area contributed by atoms with Crippen LogP contribution in [0.4, 0.5) is 0 Å². The number of nitrogens with one attached hydrogen (secondary N) is 1. The van der Waals surface area contributed by atoms with Gasteiger partial charge in [0.15, 0.2) is 0 Å². The fourth-order valence-corrected chi connectivity index (χ4v) is 3.76. The van der Waals surface area contributed by atoms with Crippen LogP contribution in [0.5, 0.6) is 0 Å². The minimum atomic E-state index is -0.182. The van der Waals surface area contributed by atoms with Gasteiger partial charge in [-0.3, -0.25) is 9.59 Å². The summed E-state index contributed by atoms with van der Waals surface area (Å²) in [5.41, 5.74) is 2.70. The van der Waals surface area contributed by atoms with Gasteiger partial charge in [0, 0.05) is 24.1 Å². The van der Waals surface area contributed by atoms with E-state index in [-0.39, 0.29) is 23.9 Å². The van der Waals surface area contributed by atoms with E-state index in [9.17, 15) is 9.59 Å². The molecule has 2 aromatic rings. The van der Waals surface area contributed by atoms with Crippen LogP contribution in [0.2, 0.25) is 0 Å². The van der Waals surface area contributed by atoms with E-state index < -0.39 is 0 Å². The van der Waals surface area contributed by atoms with Gasteiger partial charge in [0.05, 0.1) is 12.2 Å². The summed E-state index contributed by atoms with van der Waals surface area (Å²) in [5, 5.41) is 7.60. The average Bonchev–Trinajstić information content (AvgIpc) is 2.65. The molecule has 1 saturated carbocycles. The highest BCUT2D eigenvalue weighted by molar-refractivity contribution is 5.76. The average molecular weight is 367 g/mol. The SMILES string of the molecule is Cc1ccc(-c2ccc(=O)n(CCC(=O)N[C@@H]3CCC[C@H](C)[C@@H]3C)n2)cc1. The third kappa shape index (κ3) is 4.85. The van der Waals surface area contributed by atoms with Crippen molar-refractivity contribution < 1.29 is 4.79 Å². The lowest BCUT2D eigenvalue weighted by molar-refractivity contribution is -0.122. The number of aryl methyl sites for hydroxylation is 2. The van der Waals surface area contributed by atoms with Gasteiger partial charge in [0.2, 0.25) is 5.91 Å². The number of carbonyl (C=O) groups is 1. The number of hydrogen-bond donors (Lipinski definition) is 1. The van der Waals surface area contributed by atoms with Crippen LogP contribution in [0.25, 0.3) is 11.3 Å². The predicted molar refractivity (Wildman–Crippen MR) is 107 cm³/mol. The molecule has 1 aliphatic carbocycles. The Morgan fingerprint density at radius 3 is 2.63 bits per heavy atom. The van der Waals surface area contributed by atoms with Gasteiger partial charge in [-0.2, -0.15) is 5.10 Å². The molecule has 1 N–H and O–H groups in total. The van der Waals surface area contributed by atoms with Crippen molar-refractivity contribution in [1.82, 2.24) is 15.1 Å². The van der Waals surface area contributed by atoms with Crippen LogP contribution in [-0.2, 0) is 11.3 Å². The minimum absolute atomic E-state index is 0.00427. The van der Waals surface area contributed by atoms with Gasteiger partial charge in [-0.05, 0) is 31.2 Å². The molecule has 0 bridgehead atoms. The maximum absolute atomic E-state index is 12.4. The summed E-state index contributed by atoms with van der Waals surface area (Å²) in [6.07, 6.45) is 3.70. The summed E-state index contributed by atoms with van der Waals surface area (Å²) in [6, 6.07) is 11.5. The van der Waals surface area contributed by atoms with Gasteiger partial charge in [-0.1, -0.05) is 56.5 Å². The van der Waals surface area contributed by atoms with Crippen LogP contribution in [-0.4, -0.2) is 21.7 Å². The number of rotatable bonds is 5. The van der Waals surface area contributed by atoms with Crippen molar-refractivity contribution in [3.05, 3.63) is 52.3 Å². The zero-order valence-electron chi connectivity index (χ0n) is 16.4. The number of amides is 1. The van der Waals surface area contributed by atoms with Crippen molar-refractivity contribution in [2.75, 3.05) is 0 Å². The third-order valence-corrected chi connectivity index (χ3v) is 5.82. The first-order chi connectivity index (χ1) is 12.9. The maximum Gasteiger partial charge on any atom is 0.266 e. The molecule has 27 heavy (non-hydrogen) atoms. The molecular weight excluding hydrogens is 338 g/mol. The van der Waals surface area contributed by atoms with Gasteiger partial charge >= 0.3 is 0 Å². The van der Waals surface area contributed by atoms with E-state index in [1.807, 2.05) is 31.2 Å². The van der Waals surface area contributed by atoms with Crippen LogP contribution >= 0.6 is 0 Å². The molecule has 0 saturated heterocycles. The van der Waals surface area contributed by atoms with Crippen LogP contribution in [0, 0.1) is 18.8 Å². The van der Waals surface area contributed by atoms with Crippen molar-refractivity contribution in [1.29, 1.82) is 0 Å². The van der Waals surface area contributed by atoms with E-state index in [1.54, 1.807) is 6.07 Å². The second-order valence-corrected chi connectivity index (χ2v) is 7.84. The molecule has 3 atom stereocenters. The number of carbonyl (C=O) groups excluding carboxylic acids is 1. The standard InChI is InChI=1S/C22H29N3O2/c1-15-7-9-18(10-8-15)20-11-12-22(27)25(24-20)14-13-21(26)23-19-6-4-5-16(2)17(19)3/h7-12,16-17,19H,4-6,13-14H2,1-3H3,(H,23,26)/t16-,17-,19+/m0/s1. The molecule has 1 heterocycles. The van der Waals surface area contributed by atoms with Crippen molar-refractivity contribution in [2.45, 2.75) is 59.0 Å². The Morgan fingerprint density at radius 2 is 1.89 bits per heavy atom. The summed E-state index contributed by atoms with van der Waals surface area (Å²) >= 11 is 0. The van der Waals surface area contributed by atoms with Crippen molar-refractivity contribution in [2.24, 2.45) is 11.8 Å². The van der Waals surface area contributed by atoms with E-state index in [2.05, 4.69) is 24.3 Å². The first-order valence-electron chi connectivity index (χ1n) is 9.88. The minimum Gasteiger partial charge on any atom is -0.353 e. The first-order valence-corrected chi connectivity index (χ1v) is 9.88. The van der Waals surface area contributed by atoms with E-state index in [0.29, 0.717) is 18.4 Å². The van der Waals surface area contributed by atoms with Crippen LogP contribution in [0.15, 0.2) is 41.2 Å². The zero-order valence-corrected chi connectivity index (χ0v) is 16.4. The normalized spacial score (nSPS) is 22.4. The first kappa shape index (κ1) is 19.3.